The summed E-state index contributed by atoms with van der Waals surface area (Å²) in [5.41, 5.74) is -1.87. The number of hydrogen-bond acceptors (Lipinski definition) is 7. The number of hydrogen-bond donors (Lipinski definition) is 2. The van der Waals surface area contributed by atoms with Gasteiger partial charge in [-0.2, -0.15) is 5.26 Å². The summed E-state index contributed by atoms with van der Waals surface area (Å²) in [6.07, 6.45) is 6.52. The fraction of sp³-hybridized carbons (Fsp3) is 0.630. The molecule has 3 heterocycles. The van der Waals surface area contributed by atoms with E-state index in [9.17, 15) is 24.4 Å². The van der Waals surface area contributed by atoms with Crippen LogP contribution in [0.15, 0.2) is 18.3 Å². The number of rotatable bonds is 7. The lowest BCUT2D eigenvalue weighted by Gasteiger charge is -2.38. The molecule has 3 fully saturated rings. The summed E-state index contributed by atoms with van der Waals surface area (Å²) in [5, 5.41) is 15.5. The molecule has 1 aromatic rings. The molecular weight excluding hydrogens is 488 g/mol. The van der Waals surface area contributed by atoms with Crippen molar-refractivity contribution in [2.75, 3.05) is 18.9 Å². The maximum absolute atomic E-state index is 14.0. The van der Waals surface area contributed by atoms with Gasteiger partial charge in [-0.3, -0.25) is 19.2 Å². The molecule has 2 aliphatic heterocycles. The molecule has 5 rings (SSSR count). The summed E-state index contributed by atoms with van der Waals surface area (Å²) in [6.45, 7) is 3.42. The first-order valence-electron chi connectivity index (χ1n) is 13.3. The van der Waals surface area contributed by atoms with E-state index in [4.69, 9.17) is 4.74 Å². The number of nitrogens with one attached hydrogen (secondary N) is 2. The fourth-order valence-corrected chi connectivity index (χ4v) is 5.61. The van der Waals surface area contributed by atoms with Crippen LogP contribution in [-0.2, 0) is 19.2 Å². The van der Waals surface area contributed by atoms with E-state index in [1.54, 1.807) is 26.1 Å². The topological polar surface area (TPSA) is 145 Å². The fourth-order valence-electron chi connectivity index (χ4n) is 5.61. The van der Waals surface area contributed by atoms with Crippen LogP contribution < -0.4 is 15.4 Å². The Balaban J connectivity index is 1.33. The SMILES string of the molecule is C[C@H](NC(=O)C1(C)CCC1)C(=O)N(C)[C@@H](CC1CC1)C(=O)N1C[C@@]2(C[C@H]1C#N)Oc1cccnc1NC2=O. The zero-order valence-electron chi connectivity index (χ0n) is 22.0. The second-order valence-electron chi connectivity index (χ2n) is 11.5. The number of aromatic nitrogens is 1. The molecule has 202 valence electrons. The molecule has 11 nitrogen and oxygen atoms in total. The highest BCUT2D eigenvalue weighted by molar-refractivity contribution is 6.01. The van der Waals surface area contributed by atoms with Gasteiger partial charge in [-0.05, 0) is 44.2 Å². The van der Waals surface area contributed by atoms with Gasteiger partial charge in [0.05, 0.1) is 12.6 Å². The largest absolute Gasteiger partial charge is 0.472 e. The molecule has 0 radical (unpaired) electrons. The van der Waals surface area contributed by atoms with Gasteiger partial charge in [0.2, 0.25) is 23.3 Å². The van der Waals surface area contributed by atoms with E-state index >= 15 is 0 Å². The molecule has 2 saturated carbocycles. The van der Waals surface area contributed by atoms with E-state index in [2.05, 4.69) is 21.7 Å². The van der Waals surface area contributed by atoms with Crippen LogP contribution in [0.5, 0.6) is 5.75 Å². The van der Waals surface area contributed by atoms with Crippen LogP contribution >= 0.6 is 0 Å². The molecule has 4 amide bonds. The number of pyridine rings is 1. The molecule has 4 aliphatic rings. The minimum atomic E-state index is -1.42. The minimum absolute atomic E-state index is 0.00819. The summed E-state index contributed by atoms with van der Waals surface area (Å²) >= 11 is 0. The lowest BCUT2D eigenvalue weighted by atomic mass is 9.70. The molecule has 1 saturated heterocycles. The van der Waals surface area contributed by atoms with E-state index in [0.29, 0.717) is 23.9 Å². The minimum Gasteiger partial charge on any atom is -0.472 e. The molecule has 0 aromatic carbocycles. The number of amides is 4. The van der Waals surface area contributed by atoms with Crippen LogP contribution in [0.4, 0.5) is 5.82 Å². The van der Waals surface area contributed by atoms with Crippen LogP contribution in [0.25, 0.3) is 0 Å². The number of nitrogens with zero attached hydrogens (tertiary/aromatic N) is 4. The van der Waals surface area contributed by atoms with Gasteiger partial charge in [-0.1, -0.05) is 26.2 Å². The van der Waals surface area contributed by atoms with E-state index in [1.165, 1.54) is 16.0 Å². The van der Waals surface area contributed by atoms with Crippen LogP contribution in [0.1, 0.15) is 58.8 Å². The average molecular weight is 523 g/mol. The van der Waals surface area contributed by atoms with Gasteiger partial charge in [0.1, 0.15) is 18.1 Å². The van der Waals surface area contributed by atoms with Crippen LogP contribution in [0.2, 0.25) is 0 Å². The van der Waals surface area contributed by atoms with Crippen molar-refractivity contribution in [2.45, 2.75) is 82.5 Å². The number of fused-ring (bicyclic) bond motifs is 1. The smallest absolute Gasteiger partial charge is 0.271 e. The Kier molecular flexibility index (Phi) is 6.53. The summed E-state index contributed by atoms with van der Waals surface area (Å²) < 4.78 is 6.07. The molecular formula is C27H34N6O5. The monoisotopic (exact) mass is 522 g/mol. The van der Waals surface area contributed by atoms with Crippen molar-refractivity contribution in [3.05, 3.63) is 18.3 Å². The Hall–Kier alpha value is -3.68. The second-order valence-corrected chi connectivity index (χ2v) is 11.5. The van der Waals surface area contributed by atoms with Gasteiger partial charge in [-0.25, -0.2) is 4.98 Å². The highest BCUT2D eigenvalue weighted by Gasteiger charge is 2.56. The van der Waals surface area contributed by atoms with E-state index in [0.717, 1.165) is 32.1 Å². The zero-order valence-corrected chi connectivity index (χ0v) is 22.0. The molecule has 2 aliphatic carbocycles. The third-order valence-corrected chi connectivity index (χ3v) is 8.56. The number of ether oxygens (including phenoxy) is 1. The van der Waals surface area contributed by atoms with Gasteiger partial charge in [0.15, 0.2) is 11.6 Å². The Morgan fingerprint density at radius 1 is 1.37 bits per heavy atom. The third kappa shape index (κ3) is 4.57. The first kappa shape index (κ1) is 25.9. The van der Waals surface area contributed by atoms with Gasteiger partial charge in [-0.15, -0.1) is 0 Å². The van der Waals surface area contributed by atoms with Crippen molar-refractivity contribution in [1.29, 1.82) is 5.26 Å². The van der Waals surface area contributed by atoms with Crippen molar-refractivity contribution in [3.8, 4) is 11.8 Å². The number of nitriles is 1. The number of carbonyl (C=O) groups is 4. The molecule has 11 heteroatoms. The van der Waals surface area contributed by atoms with Crippen molar-refractivity contribution >= 4 is 29.4 Å². The number of likely N-dealkylation sites (tertiary alicyclic amines) is 1. The molecule has 38 heavy (non-hydrogen) atoms. The Labute approximate surface area is 221 Å². The van der Waals surface area contributed by atoms with Gasteiger partial charge < -0.3 is 25.2 Å². The van der Waals surface area contributed by atoms with Crippen molar-refractivity contribution < 1.29 is 23.9 Å². The number of carbonyl (C=O) groups excluding carboxylic acids is 4. The number of likely N-dealkylation sites (N-methyl/N-ethyl adjacent to an activating group) is 1. The molecule has 1 spiro atoms. The quantitative estimate of drug-likeness (QED) is 0.553. The van der Waals surface area contributed by atoms with Gasteiger partial charge in [0.25, 0.3) is 5.91 Å². The van der Waals surface area contributed by atoms with E-state index in [-0.39, 0.29) is 24.8 Å². The third-order valence-electron chi connectivity index (χ3n) is 8.56. The lowest BCUT2D eigenvalue weighted by Crippen LogP contribution is -2.57. The van der Waals surface area contributed by atoms with Crippen LogP contribution in [0.3, 0.4) is 0 Å². The van der Waals surface area contributed by atoms with E-state index < -0.39 is 41.0 Å². The average Bonchev–Trinajstić information content (AvgIpc) is 3.63. The van der Waals surface area contributed by atoms with Gasteiger partial charge >= 0.3 is 0 Å². The second kappa shape index (κ2) is 9.57. The Morgan fingerprint density at radius 3 is 2.74 bits per heavy atom. The number of anilines is 1. The molecule has 0 unspecified atom stereocenters. The van der Waals surface area contributed by atoms with Crippen molar-refractivity contribution in [2.24, 2.45) is 11.3 Å². The maximum atomic E-state index is 14.0. The Bertz CT molecular complexity index is 1200. The normalized spacial score (nSPS) is 26.6. The highest BCUT2D eigenvalue weighted by atomic mass is 16.5. The first-order valence-corrected chi connectivity index (χ1v) is 13.3. The van der Waals surface area contributed by atoms with Crippen LogP contribution in [-0.4, -0.2) is 75.7 Å². The Morgan fingerprint density at radius 2 is 2.11 bits per heavy atom. The molecule has 1 aromatic heterocycles. The first-order chi connectivity index (χ1) is 18.1. The maximum Gasteiger partial charge on any atom is 0.271 e. The molecule has 0 bridgehead atoms. The summed E-state index contributed by atoms with van der Waals surface area (Å²) in [6, 6.07) is 3.00. The van der Waals surface area contributed by atoms with Crippen LogP contribution in [0, 0.1) is 22.7 Å². The summed E-state index contributed by atoms with van der Waals surface area (Å²) in [4.78, 5) is 60.0. The van der Waals surface area contributed by atoms with Crippen molar-refractivity contribution in [1.82, 2.24) is 20.1 Å². The summed E-state index contributed by atoms with van der Waals surface area (Å²) in [5.74, 6) is -0.381. The predicted molar refractivity (Wildman–Crippen MR) is 135 cm³/mol. The van der Waals surface area contributed by atoms with Gasteiger partial charge in [0, 0.05) is 25.1 Å². The highest BCUT2D eigenvalue weighted by Crippen LogP contribution is 2.42. The predicted octanol–water partition coefficient (Wildman–Crippen LogP) is 1.60. The van der Waals surface area contributed by atoms with E-state index in [1.807, 2.05) is 6.92 Å². The summed E-state index contributed by atoms with van der Waals surface area (Å²) in [7, 11) is 1.57. The zero-order chi connectivity index (χ0) is 27.2. The standard InChI is InChI=1S/C27H34N6O5/c1-16(30-24(36)26(2)9-5-10-26)22(34)32(3)19(12-17-7-8-17)23(35)33-15-27(13-18(33)14-28)25(37)31-21-20(38-27)6-4-11-29-21/h4,6,11,16-19H,5,7-10,12-13,15H2,1-3H3,(H,30,36)(H,29,31,37)/t16-,18-,19-,27+/m0/s1. The van der Waals surface area contributed by atoms with Crippen molar-refractivity contribution in [3.63, 3.8) is 0 Å². The molecule has 2 N–H and O–H groups in total. The lowest BCUT2D eigenvalue weighted by molar-refractivity contribution is -0.148. The molecule has 4 atom stereocenters.